The van der Waals surface area contributed by atoms with Crippen LogP contribution in [-0.4, -0.2) is 28.1 Å². The number of aliphatic hydroxyl groups is 1. The molecule has 0 spiro atoms. The molecule has 1 amide bonds. The number of ether oxygens (including phenoxy) is 1. The Labute approximate surface area is 143 Å². The highest BCUT2D eigenvalue weighted by atomic mass is 19.1. The van der Waals surface area contributed by atoms with Crippen molar-refractivity contribution in [2.75, 3.05) is 11.9 Å². The summed E-state index contributed by atoms with van der Waals surface area (Å²) in [6.07, 6.45) is 0. The Morgan fingerprint density at radius 3 is 2.52 bits per heavy atom. The van der Waals surface area contributed by atoms with Gasteiger partial charge in [-0.15, -0.1) is 0 Å². The van der Waals surface area contributed by atoms with Crippen molar-refractivity contribution in [3.05, 3.63) is 64.0 Å². The van der Waals surface area contributed by atoms with Crippen LogP contribution in [0.1, 0.15) is 12.5 Å². The minimum absolute atomic E-state index is 0.0654. The van der Waals surface area contributed by atoms with Gasteiger partial charge in [-0.25, -0.2) is 4.39 Å². The molecule has 1 atom stereocenters. The Morgan fingerprint density at radius 2 is 1.96 bits per heavy atom. The van der Waals surface area contributed by atoms with Gasteiger partial charge in [0, 0.05) is 17.3 Å². The molecule has 0 radical (unpaired) electrons. The zero-order chi connectivity index (χ0) is 18.6. The van der Waals surface area contributed by atoms with Crippen LogP contribution in [0.15, 0.2) is 42.5 Å². The van der Waals surface area contributed by atoms with Crippen LogP contribution in [0.2, 0.25) is 0 Å². The maximum atomic E-state index is 12.8. The number of rotatable bonds is 6. The van der Waals surface area contributed by atoms with Gasteiger partial charge in [0.05, 0.1) is 4.92 Å². The molecule has 8 heteroatoms. The van der Waals surface area contributed by atoms with Crippen LogP contribution in [0.4, 0.5) is 15.8 Å². The van der Waals surface area contributed by atoms with Gasteiger partial charge in [-0.3, -0.25) is 14.9 Å². The van der Waals surface area contributed by atoms with E-state index in [1.54, 1.807) is 6.92 Å². The third-order valence-electron chi connectivity index (χ3n) is 3.47. The molecular formula is C17H17FN2O5. The van der Waals surface area contributed by atoms with Gasteiger partial charge in [-0.2, -0.15) is 0 Å². The molecule has 0 aliphatic heterocycles. The quantitative estimate of drug-likeness (QED) is 0.617. The first-order valence-electron chi connectivity index (χ1n) is 7.36. The molecule has 0 fully saturated rings. The number of nitro groups is 1. The molecule has 2 rings (SSSR count). The number of nitrogens with zero attached hydrogens (tertiary/aromatic N) is 1. The van der Waals surface area contributed by atoms with Crippen molar-refractivity contribution in [1.82, 2.24) is 0 Å². The van der Waals surface area contributed by atoms with E-state index in [9.17, 15) is 24.4 Å². The average Bonchev–Trinajstić information content (AvgIpc) is 2.54. The summed E-state index contributed by atoms with van der Waals surface area (Å²) in [6.45, 7) is 2.46. The molecule has 2 N–H and O–H groups in total. The number of aryl methyl sites for hydroxylation is 1. The Morgan fingerprint density at radius 1 is 1.32 bits per heavy atom. The van der Waals surface area contributed by atoms with Crippen molar-refractivity contribution >= 4 is 17.3 Å². The van der Waals surface area contributed by atoms with E-state index in [1.165, 1.54) is 49.4 Å². The monoisotopic (exact) mass is 348 g/mol. The maximum Gasteiger partial charge on any atom is 0.272 e. The summed E-state index contributed by atoms with van der Waals surface area (Å²) in [7, 11) is 0. The van der Waals surface area contributed by atoms with Gasteiger partial charge in [0.1, 0.15) is 18.2 Å². The van der Waals surface area contributed by atoms with Crippen molar-refractivity contribution in [3.8, 4) is 5.75 Å². The Hall–Kier alpha value is -3.00. The van der Waals surface area contributed by atoms with Crippen LogP contribution in [0.25, 0.3) is 0 Å². The van der Waals surface area contributed by atoms with Gasteiger partial charge in [-0.05, 0) is 50.2 Å². The van der Waals surface area contributed by atoms with Gasteiger partial charge < -0.3 is 15.2 Å². The Kier molecular flexibility index (Phi) is 5.33. The maximum absolute atomic E-state index is 12.8. The second-order valence-electron chi connectivity index (χ2n) is 5.73. The number of carbonyl (C=O) groups is 1. The summed E-state index contributed by atoms with van der Waals surface area (Å²) in [4.78, 5) is 22.5. The summed E-state index contributed by atoms with van der Waals surface area (Å²) in [5.41, 5.74) is -1.23. The highest BCUT2D eigenvalue weighted by Gasteiger charge is 2.31. The third-order valence-corrected chi connectivity index (χ3v) is 3.47. The first-order chi connectivity index (χ1) is 11.7. The zero-order valence-corrected chi connectivity index (χ0v) is 13.7. The number of carbonyl (C=O) groups excluding carboxylic acids is 1. The SMILES string of the molecule is Cc1cc(NC(=O)C(C)(O)COc2ccc(F)cc2)ccc1[N+](=O)[O-]. The van der Waals surface area contributed by atoms with Crippen molar-refractivity contribution in [3.63, 3.8) is 0 Å². The van der Waals surface area contributed by atoms with Crippen LogP contribution in [-0.2, 0) is 4.79 Å². The predicted octanol–water partition coefficient (Wildman–Crippen LogP) is 2.81. The zero-order valence-electron chi connectivity index (χ0n) is 13.7. The van der Waals surface area contributed by atoms with Crippen LogP contribution >= 0.6 is 0 Å². The molecule has 1 unspecified atom stereocenters. The van der Waals surface area contributed by atoms with E-state index in [-0.39, 0.29) is 12.3 Å². The fourth-order valence-corrected chi connectivity index (χ4v) is 2.02. The first-order valence-corrected chi connectivity index (χ1v) is 7.36. The number of amides is 1. The number of hydrogen-bond donors (Lipinski definition) is 2. The molecule has 0 heterocycles. The van der Waals surface area contributed by atoms with Crippen LogP contribution in [0, 0.1) is 22.9 Å². The molecule has 2 aromatic rings. The summed E-state index contributed by atoms with van der Waals surface area (Å²) in [5, 5.41) is 23.5. The molecule has 0 aromatic heterocycles. The fourth-order valence-electron chi connectivity index (χ4n) is 2.02. The number of nitro benzene ring substituents is 1. The Bertz CT molecular complexity index is 790. The summed E-state index contributed by atoms with van der Waals surface area (Å²) in [5.74, 6) is -0.853. The third kappa shape index (κ3) is 4.74. The molecule has 0 saturated heterocycles. The van der Waals surface area contributed by atoms with Crippen molar-refractivity contribution in [1.29, 1.82) is 0 Å². The minimum atomic E-state index is -1.86. The van der Waals surface area contributed by atoms with Gasteiger partial charge >= 0.3 is 0 Å². The summed E-state index contributed by atoms with van der Waals surface area (Å²) >= 11 is 0. The van der Waals surface area contributed by atoms with E-state index in [1.807, 2.05) is 0 Å². The molecule has 0 saturated carbocycles. The molecule has 2 aromatic carbocycles. The van der Waals surface area contributed by atoms with Gasteiger partial charge in [0.25, 0.3) is 11.6 Å². The van der Waals surface area contributed by atoms with E-state index in [0.717, 1.165) is 0 Å². The number of anilines is 1. The molecule has 7 nitrogen and oxygen atoms in total. The van der Waals surface area contributed by atoms with Crippen LogP contribution < -0.4 is 10.1 Å². The number of hydrogen-bond acceptors (Lipinski definition) is 5. The van der Waals surface area contributed by atoms with Crippen LogP contribution in [0.3, 0.4) is 0 Å². The lowest BCUT2D eigenvalue weighted by atomic mass is 10.1. The lowest BCUT2D eigenvalue weighted by molar-refractivity contribution is -0.385. The molecule has 25 heavy (non-hydrogen) atoms. The van der Waals surface area contributed by atoms with E-state index < -0.39 is 22.2 Å². The summed E-state index contributed by atoms with van der Waals surface area (Å²) in [6, 6.07) is 9.24. The van der Waals surface area contributed by atoms with E-state index in [2.05, 4.69) is 5.32 Å². The Balaban J connectivity index is 2.01. The van der Waals surface area contributed by atoms with Crippen molar-refractivity contribution in [2.45, 2.75) is 19.4 Å². The second kappa shape index (κ2) is 7.27. The number of halogens is 1. The standard InChI is InChI=1S/C17H17FN2O5/c1-11-9-13(5-8-15(11)20(23)24)19-16(21)17(2,22)10-25-14-6-3-12(18)4-7-14/h3-9,22H,10H2,1-2H3,(H,19,21). The molecular weight excluding hydrogens is 331 g/mol. The lowest BCUT2D eigenvalue weighted by Gasteiger charge is -2.22. The minimum Gasteiger partial charge on any atom is -0.490 e. The van der Waals surface area contributed by atoms with Crippen LogP contribution in [0.5, 0.6) is 5.75 Å². The second-order valence-corrected chi connectivity index (χ2v) is 5.73. The van der Waals surface area contributed by atoms with Crippen molar-refractivity contribution in [2.24, 2.45) is 0 Å². The smallest absolute Gasteiger partial charge is 0.272 e. The normalized spacial score (nSPS) is 13.0. The topological polar surface area (TPSA) is 102 Å². The van der Waals surface area contributed by atoms with E-state index in [0.29, 0.717) is 17.0 Å². The number of benzene rings is 2. The van der Waals surface area contributed by atoms with Gasteiger partial charge in [0.2, 0.25) is 0 Å². The van der Waals surface area contributed by atoms with E-state index >= 15 is 0 Å². The van der Waals surface area contributed by atoms with Gasteiger partial charge in [0.15, 0.2) is 5.60 Å². The molecule has 0 bridgehead atoms. The largest absolute Gasteiger partial charge is 0.490 e. The van der Waals surface area contributed by atoms with E-state index in [4.69, 9.17) is 4.74 Å². The highest BCUT2D eigenvalue weighted by molar-refractivity contribution is 5.97. The lowest BCUT2D eigenvalue weighted by Crippen LogP contribution is -2.45. The average molecular weight is 348 g/mol. The van der Waals surface area contributed by atoms with Crippen molar-refractivity contribution < 1.29 is 24.0 Å². The summed E-state index contributed by atoms with van der Waals surface area (Å²) < 4.78 is 18.1. The number of nitrogens with one attached hydrogen (secondary N) is 1. The predicted molar refractivity (Wildman–Crippen MR) is 89.0 cm³/mol. The molecule has 0 aliphatic carbocycles. The highest BCUT2D eigenvalue weighted by Crippen LogP contribution is 2.22. The molecule has 0 aliphatic rings. The molecule has 132 valence electrons. The fraction of sp³-hybridized carbons (Fsp3) is 0.235. The van der Waals surface area contributed by atoms with Gasteiger partial charge in [-0.1, -0.05) is 0 Å². The first kappa shape index (κ1) is 18.3.